The van der Waals surface area contributed by atoms with Crippen LogP contribution in [0.15, 0.2) is 47.6 Å². The number of benzene rings is 1. The predicted octanol–water partition coefficient (Wildman–Crippen LogP) is 2.78. The van der Waals surface area contributed by atoms with Gasteiger partial charge in [-0.3, -0.25) is 4.98 Å². The van der Waals surface area contributed by atoms with Crippen LogP contribution < -0.4 is 0 Å². The maximum atomic E-state index is 14.0. The normalized spacial score (nSPS) is 11.8. The summed E-state index contributed by atoms with van der Waals surface area (Å²) in [6, 6.07) is 7.30. The van der Waals surface area contributed by atoms with Gasteiger partial charge in [0.1, 0.15) is 10.7 Å². The fraction of sp³-hybridized carbons (Fsp3) is 0.214. The van der Waals surface area contributed by atoms with Gasteiger partial charge in [-0.2, -0.15) is 4.31 Å². The molecule has 0 amide bonds. The highest BCUT2D eigenvalue weighted by Gasteiger charge is 2.24. The molecular weight excluding hydrogens is 315 g/mol. The molecule has 0 N–H and O–H groups in total. The van der Waals surface area contributed by atoms with E-state index in [9.17, 15) is 12.8 Å². The van der Waals surface area contributed by atoms with Crippen LogP contribution in [0.25, 0.3) is 0 Å². The first-order valence-corrected chi connectivity index (χ1v) is 8.12. The molecule has 0 aliphatic carbocycles. The summed E-state index contributed by atoms with van der Waals surface area (Å²) in [5.74, 6) is -0.667. The largest absolute Gasteiger partial charge is 0.265 e. The Labute approximate surface area is 128 Å². The van der Waals surface area contributed by atoms with E-state index in [-0.39, 0.29) is 17.3 Å². The number of nitrogens with zero attached hydrogens (tertiary/aromatic N) is 2. The van der Waals surface area contributed by atoms with E-state index in [2.05, 4.69) is 4.98 Å². The van der Waals surface area contributed by atoms with Crippen molar-refractivity contribution in [3.8, 4) is 0 Å². The van der Waals surface area contributed by atoms with Gasteiger partial charge in [0, 0.05) is 31.9 Å². The Morgan fingerprint density at radius 1 is 1.19 bits per heavy atom. The molecule has 2 rings (SSSR count). The number of rotatable bonds is 5. The molecule has 21 heavy (non-hydrogen) atoms. The molecule has 0 spiro atoms. The third-order valence-electron chi connectivity index (χ3n) is 2.99. The molecular formula is C14H14ClFN2O2S. The minimum atomic E-state index is -3.90. The highest BCUT2D eigenvalue weighted by molar-refractivity contribution is 7.89. The first kappa shape index (κ1) is 15.9. The quantitative estimate of drug-likeness (QED) is 0.793. The van der Waals surface area contributed by atoms with Crippen LogP contribution >= 0.6 is 11.6 Å². The summed E-state index contributed by atoms with van der Waals surface area (Å²) in [4.78, 5) is 3.51. The molecule has 0 aliphatic heterocycles. The van der Waals surface area contributed by atoms with Crippen molar-refractivity contribution < 1.29 is 12.8 Å². The molecule has 0 saturated carbocycles. The lowest BCUT2D eigenvalue weighted by Gasteiger charge is -2.17. The van der Waals surface area contributed by atoms with Crippen LogP contribution in [0.1, 0.15) is 11.1 Å². The van der Waals surface area contributed by atoms with Crippen LogP contribution in [0, 0.1) is 5.82 Å². The summed E-state index contributed by atoms with van der Waals surface area (Å²) in [5, 5.41) is 0. The highest BCUT2D eigenvalue weighted by atomic mass is 35.5. The Morgan fingerprint density at radius 2 is 1.86 bits per heavy atom. The first-order chi connectivity index (χ1) is 9.95. The maximum Gasteiger partial charge on any atom is 0.246 e. The molecule has 1 aromatic heterocycles. The zero-order valence-corrected chi connectivity index (χ0v) is 12.9. The Kier molecular flexibility index (Phi) is 4.92. The number of halogens is 2. The number of sulfonamides is 1. The smallest absolute Gasteiger partial charge is 0.246 e. The summed E-state index contributed by atoms with van der Waals surface area (Å²) < 4.78 is 39.8. The predicted molar refractivity (Wildman–Crippen MR) is 78.8 cm³/mol. The number of hydrogen-bond donors (Lipinski definition) is 0. The molecule has 2 aromatic rings. The Hall–Kier alpha value is -1.50. The molecule has 4 nitrogen and oxygen atoms in total. The number of hydrogen-bond acceptors (Lipinski definition) is 3. The second kappa shape index (κ2) is 6.51. The summed E-state index contributed by atoms with van der Waals surface area (Å²) in [6.07, 6.45) is 3.15. The molecule has 1 heterocycles. The van der Waals surface area contributed by atoms with Crippen molar-refractivity contribution >= 4 is 21.6 Å². The van der Waals surface area contributed by atoms with Gasteiger partial charge in [-0.1, -0.05) is 6.07 Å². The second-order valence-electron chi connectivity index (χ2n) is 4.51. The van der Waals surface area contributed by atoms with Gasteiger partial charge in [0.2, 0.25) is 10.0 Å². The van der Waals surface area contributed by atoms with Gasteiger partial charge in [0.25, 0.3) is 0 Å². The van der Waals surface area contributed by atoms with E-state index in [1.807, 2.05) is 0 Å². The van der Waals surface area contributed by atoms with Crippen molar-refractivity contribution in [3.63, 3.8) is 0 Å². The first-order valence-electron chi connectivity index (χ1n) is 6.15. The van der Waals surface area contributed by atoms with Gasteiger partial charge in [-0.05, 0) is 35.4 Å². The fourth-order valence-electron chi connectivity index (χ4n) is 1.83. The Bertz CT molecular complexity index is 723. The van der Waals surface area contributed by atoms with Crippen molar-refractivity contribution in [2.45, 2.75) is 17.3 Å². The molecule has 0 saturated heterocycles. The van der Waals surface area contributed by atoms with E-state index in [1.54, 1.807) is 24.5 Å². The van der Waals surface area contributed by atoms with Gasteiger partial charge in [-0.25, -0.2) is 12.8 Å². The third kappa shape index (κ3) is 3.58. The minimum Gasteiger partial charge on any atom is -0.265 e. The standard InChI is InChI=1S/C14H14ClFN2O2S/c1-18(10-11-4-6-17-7-5-11)21(19,20)14-3-2-12(9-15)8-13(14)16/h2-8H,9-10H2,1H3. The third-order valence-corrected chi connectivity index (χ3v) is 5.14. The monoisotopic (exact) mass is 328 g/mol. The average Bonchev–Trinajstić information content (AvgIpc) is 2.47. The van der Waals surface area contributed by atoms with Crippen molar-refractivity contribution in [2.24, 2.45) is 0 Å². The highest BCUT2D eigenvalue weighted by Crippen LogP contribution is 2.21. The van der Waals surface area contributed by atoms with Crippen molar-refractivity contribution in [3.05, 3.63) is 59.7 Å². The van der Waals surface area contributed by atoms with E-state index in [0.717, 1.165) is 15.9 Å². The molecule has 112 valence electrons. The van der Waals surface area contributed by atoms with Crippen molar-refractivity contribution in [1.29, 1.82) is 0 Å². The molecule has 7 heteroatoms. The van der Waals surface area contributed by atoms with E-state index < -0.39 is 15.8 Å². The zero-order chi connectivity index (χ0) is 15.5. The van der Waals surface area contributed by atoms with E-state index in [4.69, 9.17) is 11.6 Å². The van der Waals surface area contributed by atoms with Crippen LogP contribution in [-0.2, 0) is 22.4 Å². The molecule has 0 fully saturated rings. The lowest BCUT2D eigenvalue weighted by molar-refractivity contribution is 0.459. The van der Waals surface area contributed by atoms with Crippen LogP contribution in [0.3, 0.4) is 0 Å². The number of alkyl halides is 1. The SMILES string of the molecule is CN(Cc1ccncc1)S(=O)(=O)c1ccc(CCl)cc1F. The van der Waals surface area contributed by atoms with Gasteiger partial charge in [0.15, 0.2) is 0 Å². The molecule has 1 aromatic carbocycles. The van der Waals surface area contributed by atoms with Gasteiger partial charge in [-0.15, -0.1) is 11.6 Å². The molecule has 0 bridgehead atoms. The summed E-state index contributed by atoms with van der Waals surface area (Å²) in [6.45, 7) is 0.140. The van der Waals surface area contributed by atoms with Crippen LogP contribution in [0.5, 0.6) is 0 Å². The van der Waals surface area contributed by atoms with Gasteiger partial charge < -0.3 is 0 Å². The molecule has 0 aliphatic rings. The zero-order valence-electron chi connectivity index (χ0n) is 11.3. The molecule has 0 atom stereocenters. The lowest BCUT2D eigenvalue weighted by atomic mass is 10.2. The Balaban J connectivity index is 2.29. The van der Waals surface area contributed by atoms with Crippen LogP contribution in [-0.4, -0.2) is 24.8 Å². The van der Waals surface area contributed by atoms with E-state index in [0.29, 0.717) is 5.56 Å². The van der Waals surface area contributed by atoms with Gasteiger partial charge in [0.05, 0.1) is 0 Å². The summed E-state index contributed by atoms with van der Waals surface area (Å²) in [5.41, 5.74) is 1.30. The van der Waals surface area contributed by atoms with Crippen molar-refractivity contribution in [1.82, 2.24) is 9.29 Å². The Morgan fingerprint density at radius 3 is 2.43 bits per heavy atom. The molecule has 0 radical (unpaired) electrons. The maximum absolute atomic E-state index is 14.0. The van der Waals surface area contributed by atoms with Gasteiger partial charge >= 0.3 is 0 Å². The summed E-state index contributed by atoms with van der Waals surface area (Å²) >= 11 is 5.60. The van der Waals surface area contributed by atoms with Crippen molar-refractivity contribution in [2.75, 3.05) is 7.05 Å². The second-order valence-corrected chi connectivity index (χ2v) is 6.80. The van der Waals surface area contributed by atoms with E-state index >= 15 is 0 Å². The summed E-state index contributed by atoms with van der Waals surface area (Å²) in [7, 11) is -2.49. The molecule has 0 unspecified atom stereocenters. The number of pyridine rings is 1. The minimum absolute atomic E-state index is 0.129. The average molecular weight is 329 g/mol. The fourth-order valence-corrected chi connectivity index (χ4v) is 3.20. The van der Waals surface area contributed by atoms with Crippen LogP contribution in [0.4, 0.5) is 4.39 Å². The topological polar surface area (TPSA) is 50.3 Å². The van der Waals surface area contributed by atoms with E-state index in [1.165, 1.54) is 19.2 Å². The lowest BCUT2D eigenvalue weighted by Crippen LogP contribution is -2.27. The number of aromatic nitrogens is 1. The van der Waals surface area contributed by atoms with Crippen LogP contribution in [0.2, 0.25) is 0 Å².